The van der Waals surface area contributed by atoms with Gasteiger partial charge in [-0.3, -0.25) is 9.69 Å². The Morgan fingerprint density at radius 1 is 1.39 bits per heavy atom. The van der Waals surface area contributed by atoms with Crippen molar-refractivity contribution in [1.82, 2.24) is 19.0 Å². The molecule has 1 saturated heterocycles. The molecule has 3 rings (SSSR count). The lowest BCUT2D eigenvalue weighted by molar-refractivity contribution is 0.0614. The maximum atomic E-state index is 12.2. The molecule has 0 radical (unpaired) electrons. The highest BCUT2D eigenvalue weighted by Gasteiger charge is 2.37. The quantitative estimate of drug-likeness (QED) is 0.936. The van der Waals surface area contributed by atoms with Gasteiger partial charge in [0, 0.05) is 25.7 Å². The van der Waals surface area contributed by atoms with Crippen LogP contribution < -0.4 is 5.32 Å². The van der Waals surface area contributed by atoms with Crippen LogP contribution in [-0.4, -0.2) is 38.7 Å². The SMILES string of the molecule is CC1(C)CN(Cc2ccccc2)CC[C@H]1NC(=O)c1cnsn1. The average molecular weight is 330 g/mol. The average Bonchev–Trinajstić information content (AvgIpc) is 3.05. The molecule has 0 spiro atoms. The minimum atomic E-state index is -0.117. The van der Waals surface area contributed by atoms with Gasteiger partial charge in [-0.25, -0.2) is 0 Å². The van der Waals surface area contributed by atoms with E-state index in [0.29, 0.717) is 5.69 Å². The highest BCUT2D eigenvalue weighted by atomic mass is 32.1. The minimum absolute atomic E-state index is 0.0200. The Hall–Kier alpha value is -1.79. The molecule has 5 nitrogen and oxygen atoms in total. The molecule has 0 aliphatic carbocycles. The third kappa shape index (κ3) is 3.95. The molecule has 1 amide bonds. The number of carbonyl (C=O) groups excluding carboxylic acids is 1. The first-order valence-corrected chi connectivity index (χ1v) is 8.62. The van der Waals surface area contributed by atoms with Crippen molar-refractivity contribution < 1.29 is 4.79 Å². The first kappa shape index (κ1) is 16.1. The number of hydrogen-bond acceptors (Lipinski definition) is 5. The third-order valence-corrected chi connectivity index (χ3v) is 4.93. The molecule has 2 aromatic rings. The lowest BCUT2D eigenvalue weighted by atomic mass is 9.79. The normalized spacial score (nSPS) is 21.0. The van der Waals surface area contributed by atoms with E-state index in [2.05, 4.69) is 57.1 Å². The predicted octanol–water partition coefficient (Wildman–Crippen LogP) is 2.57. The molecule has 1 aromatic carbocycles. The van der Waals surface area contributed by atoms with Gasteiger partial charge in [0.05, 0.1) is 17.9 Å². The topological polar surface area (TPSA) is 58.1 Å². The fourth-order valence-corrected chi connectivity index (χ4v) is 3.62. The standard InChI is InChI=1S/C17H22N4OS/c1-17(2)12-21(11-13-6-4-3-5-7-13)9-8-15(17)19-16(22)14-10-18-23-20-14/h3-7,10,15H,8-9,11-12H2,1-2H3,(H,19,22)/t15-/m1/s1. The van der Waals surface area contributed by atoms with Crippen LogP contribution in [-0.2, 0) is 6.54 Å². The summed E-state index contributed by atoms with van der Waals surface area (Å²) in [4.78, 5) is 14.7. The van der Waals surface area contributed by atoms with Crippen LogP contribution in [0.3, 0.4) is 0 Å². The molecule has 1 fully saturated rings. The second kappa shape index (κ2) is 6.76. The van der Waals surface area contributed by atoms with Crippen molar-refractivity contribution in [1.29, 1.82) is 0 Å². The summed E-state index contributed by atoms with van der Waals surface area (Å²) in [6.07, 6.45) is 2.47. The molecule has 23 heavy (non-hydrogen) atoms. The number of aromatic nitrogens is 2. The molecule has 6 heteroatoms. The van der Waals surface area contributed by atoms with E-state index in [1.54, 1.807) is 0 Å². The Kier molecular flexibility index (Phi) is 4.73. The molecule has 1 aromatic heterocycles. The van der Waals surface area contributed by atoms with Gasteiger partial charge < -0.3 is 5.32 Å². The third-order valence-electron chi connectivity index (χ3n) is 4.46. The summed E-state index contributed by atoms with van der Waals surface area (Å²) in [5, 5.41) is 3.13. The maximum Gasteiger partial charge on any atom is 0.272 e. The molecule has 1 N–H and O–H groups in total. The van der Waals surface area contributed by atoms with Crippen molar-refractivity contribution in [3.63, 3.8) is 0 Å². The van der Waals surface area contributed by atoms with E-state index < -0.39 is 0 Å². The van der Waals surface area contributed by atoms with E-state index in [-0.39, 0.29) is 17.4 Å². The van der Waals surface area contributed by atoms with Crippen molar-refractivity contribution in [2.45, 2.75) is 32.9 Å². The molecule has 0 bridgehead atoms. The summed E-state index contributed by atoms with van der Waals surface area (Å²) in [5.41, 5.74) is 1.77. The molecule has 0 unspecified atom stereocenters. The Bertz CT molecular complexity index is 642. The summed E-state index contributed by atoms with van der Waals surface area (Å²) < 4.78 is 7.90. The zero-order valence-electron chi connectivity index (χ0n) is 13.5. The van der Waals surface area contributed by atoms with Gasteiger partial charge in [0.1, 0.15) is 0 Å². The van der Waals surface area contributed by atoms with E-state index in [1.807, 2.05) is 6.07 Å². The zero-order valence-corrected chi connectivity index (χ0v) is 14.3. The van der Waals surface area contributed by atoms with E-state index in [0.717, 1.165) is 37.8 Å². The Morgan fingerprint density at radius 2 is 2.17 bits per heavy atom. The van der Waals surface area contributed by atoms with Gasteiger partial charge in [-0.2, -0.15) is 8.75 Å². The van der Waals surface area contributed by atoms with Crippen LogP contribution in [0.15, 0.2) is 36.5 Å². The number of rotatable bonds is 4. The molecule has 0 saturated carbocycles. The smallest absolute Gasteiger partial charge is 0.272 e. The summed E-state index contributed by atoms with van der Waals surface area (Å²) in [5.74, 6) is -0.117. The van der Waals surface area contributed by atoms with Crippen LogP contribution >= 0.6 is 11.7 Å². The molecular formula is C17H22N4OS. The maximum absolute atomic E-state index is 12.2. The van der Waals surface area contributed by atoms with Gasteiger partial charge in [0.15, 0.2) is 5.69 Å². The second-order valence-electron chi connectivity index (χ2n) is 6.79. The summed E-state index contributed by atoms with van der Waals surface area (Å²) >= 11 is 1.06. The highest BCUT2D eigenvalue weighted by molar-refractivity contribution is 6.99. The first-order chi connectivity index (χ1) is 11.0. The fraction of sp³-hybridized carbons (Fsp3) is 0.471. The van der Waals surface area contributed by atoms with E-state index in [1.165, 1.54) is 11.8 Å². The largest absolute Gasteiger partial charge is 0.347 e. The van der Waals surface area contributed by atoms with Gasteiger partial charge in [0.25, 0.3) is 5.91 Å². The lowest BCUT2D eigenvalue weighted by Gasteiger charge is -2.44. The highest BCUT2D eigenvalue weighted by Crippen LogP contribution is 2.30. The summed E-state index contributed by atoms with van der Waals surface area (Å²) in [6, 6.07) is 10.7. The molecule has 2 heterocycles. The second-order valence-corrected chi connectivity index (χ2v) is 7.35. The molecule has 1 aliphatic rings. The van der Waals surface area contributed by atoms with Gasteiger partial charge in [-0.1, -0.05) is 44.2 Å². The van der Waals surface area contributed by atoms with E-state index >= 15 is 0 Å². The van der Waals surface area contributed by atoms with Crippen LogP contribution in [0.2, 0.25) is 0 Å². The number of likely N-dealkylation sites (tertiary alicyclic amines) is 1. The Labute approximate surface area is 141 Å². The van der Waals surface area contributed by atoms with Crippen molar-refractivity contribution in [3.8, 4) is 0 Å². The van der Waals surface area contributed by atoms with Crippen LogP contribution in [0.5, 0.6) is 0 Å². The molecule has 1 aliphatic heterocycles. The predicted molar refractivity (Wildman–Crippen MR) is 91.3 cm³/mol. The molecule has 122 valence electrons. The van der Waals surface area contributed by atoms with Crippen molar-refractivity contribution in [2.75, 3.05) is 13.1 Å². The van der Waals surface area contributed by atoms with Gasteiger partial charge in [-0.05, 0) is 17.4 Å². The number of nitrogens with zero attached hydrogens (tertiary/aromatic N) is 3. The van der Waals surface area contributed by atoms with Crippen molar-refractivity contribution in [2.24, 2.45) is 5.41 Å². The molecular weight excluding hydrogens is 308 g/mol. The number of nitrogens with one attached hydrogen (secondary N) is 1. The van der Waals surface area contributed by atoms with Crippen LogP contribution in [0.25, 0.3) is 0 Å². The van der Waals surface area contributed by atoms with Crippen LogP contribution in [0, 0.1) is 5.41 Å². The Balaban J connectivity index is 1.60. The first-order valence-electron chi connectivity index (χ1n) is 7.89. The lowest BCUT2D eigenvalue weighted by Crippen LogP contribution is -2.55. The fourth-order valence-electron chi connectivity index (χ4n) is 3.21. The van der Waals surface area contributed by atoms with Gasteiger partial charge in [0.2, 0.25) is 0 Å². The van der Waals surface area contributed by atoms with Crippen molar-refractivity contribution >= 4 is 17.6 Å². The zero-order chi connectivity index (χ0) is 16.3. The van der Waals surface area contributed by atoms with Crippen LogP contribution in [0.1, 0.15) is 36.3 Å². The van der Waals surface area contributed by atoms with E-state index in [4.69, 9.17) is 0 Å². The summed E-state index contributed by atoms with van der Waals surface area (Å²) in [7, 11) is 0. The molecule has 1 atom stereocenters. The number of hydrogen-bond donors (Lipinski definition) is 1. The summed E-state index contributed by atoms with van der Waals surface area (Å²) in [6.45, 7) is 7.34. The Morgan fingerprint density at radius 3 is 2.83 bits per heavy atom. The number of piperidine rings is 1. The number of carbonyl (C=O) groups is 1. The minimum Gasteiger partial charge on any atom is -0.347 e. The van der Waals surface area contributed by atoms with Crippen LogP contribution in [0.4, 0.5) is 0 Å². The monoisotopic (exact) mass is 330 g/mol. The van der Waals surface area contributed by atoms with Crippen molar-refractivity contribution in [3.05, 3.63) is 47.8 Å². The number of benzene rings is 1. The number of amides is 1. The van der Waals surface area contributed by atoms with E-state index in [9.17, 15) is 4.79 Å². The van der Waals surface area contributed by atoms with Gasteiger partial charge in [-0.15, -0.1) is 0 Å². The van der Waals surface area contributed by atoms with Gasteiger partial charge >= 0.3 is 0 Å².